The fourth-order valence-electron chi connectivity index (χ4n) is 3.55. The number of fused-ring (bicyclic) bond motifs is 1. The predicted molar refractivity (Wildman–Crippen MR) is 124 cm³/mol. The van der Waals surface area contributed by atoms with E-state index in [4.69, 9.17) is 4.74 Å². The Labute approximate surface area is 184 Å². The van der Waals surface area contributed by atoms with Crippen molar-refractivity contribution in [2.24, 2.45) is 4.99 Å². The lowest BCUT2D eigenvalue weighted by Crippen LogP contribution is -2.40. The first-order chi connectivity index (χ1) is 15.0. The maximum atomic E-state index is 12.7. The van der Waals surface area contributed by atoms with Gasteiger partial charge in [0, 0.05) is 25.3 Å². The number of ether oxygens (including phenoxy) is 1. The first-order valence-corrected chi connectivity index (χ1v) is 10.8. The Hall–Kier alpha value is -3.06. The molecule has 2 aromatic rings. The zero-order valence-electron chi connectivity index (χ0n) is 18.5. The van der Waals surface area contributed by atoms with Crippen LogP contribution in [0.4, 0.5) is 5.69 Å². The Balaban J connectivity index is 1.58. The van der Waals surface area contributed by atoms with Crippen molar-refractivity contribution in [1.82, 2.24) is 10.6 Å². The zero-order chi connectivity index (χ0) is 22.2. The number of nitrogens with one attached hydrogen (secondary N) is 2. The molecule has 0 bridgehead atoms. The highest BCUT2D eigenvalue weighted by molar-refractivity contribution is 5.98. The van der Waals surface area contributed by atoms with Gasteiger partial charge in [0.1, 0.15) is 12.3 Å². The summed E-state index contributed by atoms with van der Waals surface area (Å²) in [6.45, 7) is 7.53. The average Bonchev–Trinajstić information content (AvgIpc) is 3.19. The summed E-state index contributed by atoms with van der Waals surface area (Å²) in [5, 5.41) is 16.8. The second-order valence-corrected chi connectivity index (χ2v) is 7.76. The lowest BCUT2D eigenvalue weighted by molar-refractivity contribution is -0.117. The fraction of sp³-hybridized carbons (Fsp3) is 0.417. The summed E-state index contributed by atoms with van der Waals surface area (Å²) in [4.78, 5) is 18.9. The molecule has 3 N–H and O–H groups in total. The molecule has 1 unspecified atom stereocenters. The molecule has 1 heterocycles. The molecule has 0 radical (unpaired) electrons. The van der Waals surface area contributed by atoms with Gasteiger partial charge in [0.05, 0.1) is 12.2 Å². The lowest BCUT2D eigenvalue weighted by Gasteiger charge is -2.18. The number of nitrogens with zero attached hydrogens (tertiary/aromatic N) is 2. The highest BCUT2D eigenvalue weighted by Gasteiger charge is 2.23. The zero-order valence-corrected chi connectivity index (χ0v) is 18.5. The Kier molecular flexibility index (Phi) is 7.89. The average molecular weight is 425 g/mol. The SMILES string of the molecule is CCNC(=NCC(=O)N1CCc2ccccc21)NCC(O)c1cccc(OC(C)C)c1. The summed E-state index contributed by atoms with van der Waals surface area (Å²) in [5.41, 5.74) is 2.92. The highest BCUT2D eigenvalue weighted by Crippen LogP contribution is 2.27. The number of aliphatic imine (C=N–C) groups is 1. The number of carbonyl (C=O) groups excluding carboxylic acids is 1. The topological polar surface area (TPSA) is 86.2 Å². The first kappa shape index (κ1) is 22.6. The first-order valence-electron chi connectivity index (χ1n) is 10.8. The van der Waals surface area contributed by atoms with E-state index in [-0.39, 0.29) is 25.1 Å². The molecule has 7 nitrogen and oxygen atoms in total. The number of guanidine groups is 1. The van der Waals surface area contributed by atoms with Gasteiger partial charge in [-0.1, -0.05) is 30.3 Å². The normalized spacial score (nSPS) is 14.4. The van der Waals surface area contributed by atoms with Crippen molar-refractivity contribution in [3.8, 4) is 5.75 Å². The molecule has 31 heavy (non-hydrogen) atoms. The molecule has 1 aliphatic rings. The maximum absolute atomic E-state index is 12.7. The molecule has 0 spiro atoms. The number of anilines is 1. The summed E-state index contributed by atoms with van der Waals surface area (Å²) in [5.74, 6) is 1.18. The maximum Gasteiger partial charge on any atom is 0.248 e. The van der Waals surface area contributed by atoms with Gasteiger partial charge >= 0.3 is 0 Å². The van der Waals surface area contributed by atoms with Crippen molar-refractivity contribution in [2.75, 3.05) is 31.1 Å². The number of para-hydroxylation sites is 1. The quantitative estimate of drug-likeness (QED) is 0.448. The van der Waals surface area contributed by atoms with E-state index in [2.05, 4.69) is 21.7 Å². The van der Waals surface area contributed by atoms with Crippen LogP contribution in [0.5, 0.6) is 5.75 Å². The van der Waals surface area contributed by atoms with Crippen LogP contribution in [0.15, 0.2) is 53.5 Å². The van der Waals surface area contributed by atoms with Crippen LogP contribution in [0.1, 0.15) is 38.0 Å². The molecule has 0 aromatic heterocycles. The van der Waals surface area contributed by atoms with E-state index in [1.165, 1.54) is 5.56 Å². The second-order valence-electron chi connectivity index (χ2n) is 7.76. The van der Waals surface area contributed by atoms with E-state index in [1.807, 2.05) is 63.2 Å². The third-order valence-electron chi connectivity index (χ3n) is 4.98. The van der Waals surface area contributed by atoms with Crippen LogP contribution < -0.4 is 20.3 Å². The summed E-state index contributed by atoms with van der Waals surface area (Å²) in [6, 6.07) is 15.4. The number of benzene rings is 2. The van der Waals surface area contributed by atoms with Gasteiger partial charge in [-0.05, 0) is 56.5 Å². The number of aliphatic hydroxyl groups is 1. The lowest BCUT2D eigenvalue weighted by atomic mass is 10.1. The van der Waals surface area contributed by atoms with E-state index in [1.54, 1.807) is 4.90 Å². The van der Waals surface area contributed by atoms with Crippen LogP contribution in [0.3, 0.4) is 0 Å². The largest absolute Gasteiger partial charge is 0.491 e. The van der Waals surface area contributed by atoms with Gasteiger partial charge in [0.2, 0.25) is 5.91 Å². The number of aliphatic hydroxyl groups excluding tert-OH is 1. The number of rotatable bonds is 8. The van der Waals surface area contributed by atoms with E-state index in [0.717, 1.165) is 23.4 Å². The van der Waals surface area contributed by atoms with Gasteiger partial charge < -0.3 is 25.4 Å². The van der Waals surface area contributed by atoms with Crippen LogP contribution in [0.25, 0.3) is 0 Å². The Morgan fingerprint density at radius 3 is 2.77 bits per heavy atom. The summed E-state index contributed by atoms with van der Waals surface area (Å²) >= 11 is 0. The van der Waals surface area contributed by atoms with Crippen molar-refractivity contribution in [1.29, 1.82) is 0 Å². The smallest absolute Gasteiger partial charge is 0.248 e. The van der Waals surface area contributed by atoms with Gasteiger partial charge in [-0.2, -0.15) is 0 Å². The second kappa shape index (κ2) is 10.8. The highest BCUT2D eigenvalue weighted by atomic mass is 16.5. The molecule has 2 aromatic carbocycles. The minimum atomic E-state index is -0.735. The van der Waals surface area contributed by atoms with Crippen LogP contribution in [-0.2, 0) is 11.2 Å². The molecule has 1 aliphatic heterocycles. The third-order valence-corrected chi connectivity index (χ3v) is 4.98. The standard InChI is InChI=1S/C24H32N4O3/c1-4-25-24(26-15-22(29)19-9-7-10-20(14-19)31-17(2)3)27-16-23(30)28-13-12-18-8-5-6-11-21(18)28/h5-11,14,17,22,29H,4,12-13,15-16H2,1-3H3,(H2,25,26,27). The minimum Gasteiger partial charge on any atom is -0.491 e. The molecule has 0 saturated carbocycles. The van der Waals surface area contributed by atoms with Gasteiger partial charge in [-0.25, -0.2) is 4.99 Å². The number of carbonyl (C=O) groups is 1. The molecule has 1 atom stereocenters. The molecule has 3 rings (SSSR count). The van der Waals surface area contributed by atoms with E-state index in [0.29, 0.717) is 19.0 Å². The Morgan fingerprint density at radius 2 is 2.00 bits per heavy atom. The summed E-state index contributed by atoms with van der Waals surface area (Å²) in [7, 11) is 0. The van der Waals surface area contributed by atoms with Gasteiger partial charge in [0.15, 0.2) is 5.96 Å². The van der Waals surface area contributed by atoms with E-state index >= 15 is 0 Å². The van der Waals surface area contributed by atoms with Crippen molar-refractivity contribution in [3.63, 3.8) is 0 Å². The summed E-state index contributed by atoms with van der Waals surface area (Å²) < 4.78 is 5.70. The molecular formula is C24H32N4O3. The predicted octanol–water partition coefficient (Wildman–Crippen LogP) is 2.65. The van der Waals surface area contributed by atoms with Crippen molar-refractivity contribution in [2.45, 2.75) is 39.4 Å². The van der Waals surface area contributed by atoms with E-state index in [9.17, 15) is 9.90 Å². The van der Waals surface area contributed by atoms with Crippen molar-refractivity contribution >= 4 is 17.6 Å². The summed E-state index contributed by atoms with van der Waals surface area (Å²) in [6.07, 6.45) is 0.203. The number of hydrogen-bond acceptors (Lipinski definition) is 4. The van der Waals surface area contributed by atoms with Gasteiger partial charge in [-0.15, -0.1) is 0 Å². The van der Waals surface area contributed by atoms with Gasteiger partial charge in [0.25, 0.3) is 0 Å². The van der Waals surface area contributed by atoms with E-state index < -0.39 is 6.10 Å². The molecular weight excluding hydrogens is 392 g/mol. The number of amides is 1. The Morgan fingerprint density at radius 1 is 1.19 bits per heavy atom. The van der Waals surface area contributed by atoms with Crippen molar-refractivity contribution in [3.05, 3.63) is 59.7 Å². The molecule has 166 valence electrons. The van der Waals surface area contributed by atoms with Crippen LogP contribution in [0, 0.1) is 0 Å². The van der Waals surface area contributed by atoms with Gasteiger partial charge in [-0.3, -0.25) is 4.79 Å². The monoisotopic (exact) mass is 424 g/mol. The fourth-order valence-corrected chi connectivity index (χ4v) is 3.55. The van der Waals surface area contributed by atoms with Crippen molar-refractivity contribution < 1.29 is 14.6 Å². The third kappa shape index (κ3) is 6.21. The Bertz CT molecular complexity index is 913. The molecule has 0 aliphatic carbocycles. The minimum absolute atomic E-state index is 0.0392. The van der Waals surface area contributed by atoms with Crippen LogP contribution in [-0.4, -0.2) is 49.3 Å². The van der Waals surface area contributed by atoms with Crippen LogP contribution >= 0.6 is 0 Å². The molecule has 7 heteroatoms. The molecule has 1 amide bonds. The molecule has 0 saturated heterocycles. The van der Waals surface area contributed by atoms with Crippen LogP contribution in [0.2, 0.25) is 0 Å². The number of hydrogen-bond donors (Lipinski definition) is 3. The molecule has 0 fully saturated rings.